The fourth-order valence-electron chi connectivity index (χ4n) is 2.21. The molecular formula is C9H17N2. The molecule has 0 aliphatic carbocycles. The van der Waals surface area contributed by atoms with Crippen LogP contribution in [-0.2, 0) is 0 Å². The predicted molar refractivity (Wildman–Crippen MR) is 46.3 cm³/mol. The molecule has 11 heavy (non-hydrogen) atoms. The number of piperidine rings is 2. The average Bonchev–Trinajstić information content (AvgIpc) is 2.07. The lowest BCUT2D eigenvalue weighted by Crippen LogP contribution is -2.44. The molecule has 2 aliphatic rings. The van der Waals surface area contributed by atoms with E-state index in [2.05, 4.69) is 17.1 Å². The summed E-state index contributed by atoms with van der Waals surface area (Å²) in [6.45, 7) is 4.78. The van der Waals surface area contributed by atoms with Crippen LogP contribution in [0, 0.1) is 11.8 Å². The normalized spacial score (nSPS) is 30.5. The Morgan fingerprint density at radius 2 is 1.55 bits per heavy atom. The minimum atomic E-state index is 0.608. The van der Waals surface area contributed by atoms with Crippen LogP contribution in [0.25, 0.3) is 0 Å². The highest BCUT2D eigenvalue weighted by Gasteiger charge is 2.32. The van der Waals surface area contributed by atoms with Crippen LogP contribution in [0.5, 0.6) is 0 Å². The highest BCUT2D eigenvalue weighted by atomic mass is 14.9. The zero-order valence-corrected chi connectivity index (χ0v) is 7.03. The number of nitrogens with one attached hydrogen (secondary N) is 2. The molecule has 0 atom stereocenters. The van der Waals surface area contributed by atoms with Gasteiger partial charge in [-0.05, 0) is 57.3 Å². The second kappa shape index (κ2) is 3.11. The second-order valence-electron chi connectivity index (χ2n) is 3.77. The van der Waals surface area contributed by atoms with Crippen LogP contribution in [0.15, 0.2) is 0 Å². The van der Waals surface area contributed by atoms with Gasteiger partial charge in [0.2, 0.25) is 0 Å². The Kier molecular flexibility index (Phi) is 2.14. The molecule has 2 aliphatic heterocycles. The van der Waals surface area contributed by atoms with Crippen LogP contribution in [0.1, 0.15) is 19.3 Å². The molecule has 0 amide bonds. The Labute approximate surface area is 68.7 Å². The molecule has 0 aromatic rings. The van der Waals surface area contributed by atoms with Crippen molar-refractivity contribution in [3.63, 3.8) is 0 Å². The lowest BCUT2D eigenvalue weighted by atomic mass is 9.72. The first-order chi connectivity index (χ1) is 5.41. The van der Waals surface area contributed by atoms with Gasteiger partial charge < -0.3 is 10.6 Å². The van der Waals surface area contributed by atoms with E-state index in [4.69, 9.17) is 0 Å². The molecule has 0 bridgehead atoms. The standard InChI is InChI=1S/C9H17N2/c1-5-10-6-2-9(1)3-7-11-8-4-9/h1,10-11H,2-8H2. The van der Waals surface area contributed by atoms with Crippen LogP contribution in [0.4, 0.5) is 0 Å². The van der Waals surface area contributed by atoms with Gasteiger partial charge in [0.15, 0.2) is 0 Å². The van der Waals surface area contributed by atoms with Crippen molar-refractivity contribution < 1.29 is 0 Å². The van der Waals surface area contributed by atoms with Gasteiger partial charge in [0.1, 0.15) is 0 Å². The summed E-state index contributed by atoms with van der Waals surface area (Å²) in [5.41, 5.74) is 0.608. The van der Waals surface area contributed by atoms with E-state index in [1.54, 1.807) is 0 Å². The summed E-state index contributed by atoms with van der Waals surface area (Å²) in [6, 6.07) is 0. The number of hydrogen-bond acceptors (Lipinski definition) is 2. The Hall–Kier alpha value is -0.0800. The molecule has 2 nitrogen and oxygen atoms in total. The summed E-state index contributed by atoms with van der Waals surface area (Å²) >= 11 is 0. The third-order valence-corrected chi connectivity index (χ3v) is 3.08. The largest absolute Gasteiger partial charge is 0.317 e. The zero-order valence-electron chi connectivity index (χ0n) is 7.03. The van der Waals surface area contributed by atoms with Crippen molar-refractivity contribution >= 4 is 0 Å². The molecule has 2 heteroatoms. The van der Waals surface area contributed by atoms with Crippen molar-refractivity contribution in [2.24, 2.45) is 5.41 Å². The first-order valence-corrected chi connectivity index (χ1v) is 4.67. The molecule has 0 aromatic carbocycles. The van der Waals surface area contributed by atoms with E-state index in [-0.39, 0.29) is 0 Å². The first-order valence-electron chi connectivity index (χ1n) is 4.67. The highest BCUT2D eigenvalue weighted by molar-refractivity contribution is 4.99. The van der Waals surface area contributed by atoms with Crippen LogP contribution >= 0.6 is 0 Å². The van der Waals surface area contributed by atoms with Crippen molar-refractivity contribution in [3.8, 4) is 0 Å². The molecule has 1 spiro atoms. The topological polar surface area (TPSA) is 24.1 Å². The third-order valence-electron chi connectivity index (χ3n) is 3.08. The summed E-state index contributed by atoms with van der Waals surface area (Å²) in [7, 11) is 0. The Morgan fingerprint density at radius 3 is 2.18 bits per heavy atom. The highest BCUT2D eigenvalue weighted by Crippen LogP contribution is 2.36. The maximum Gasteiger partial charge on any atom is -0.00118 e. The van der Waals surface area contributed by atoms with E-state index in [9.17, 15) is 0 Å². The van der Waals surface area contributed by atoms with E-state index in [0.717, 1.165) is 6.54 Å². The molecule has 0 unspecified atom stereocenters. The van der Waals surface area contributed by atoms with Gasteiger partial charge in [-0.3, -0.25) is 0 Å². The SMILES string of the molecule is [CH]1CNCCC12CCNCC2. The number of rotatable bonds is 0. The minimum absolute atomic E-state index is 0.608. The van der Waals surface area contributed by atoms with Crippen molar-refractivity contribution in [2.45, 2.75) is 19.3 Å². The van der Waals surface area contributed by atoms with Crippen LogP contribution < -0.4 is 10.6 Å². The summed E-state index contributed by atoms with van der Waals surface area (Å²) in [5.74, 6) is 0. The van der Waals surface area contributed by atoms with E-state index in [0.29, 0.717) is 5.41 Å². The van der Waals surface area contributed by atoms with Gasteiger partial charge in [-0.2, -0.15) is 0 Å². The van der Waals surface area contributed by atoms with Crippen molar-refractivity contribution in [1.82, 2.24) is 10.6 Å². The smallest absolute Gasteiger partial charge is 0.00118 e. The molecule has 2 saturated heterocycles. The quantitative estimate of drug-likeness (QED) is 0.531. The molecule has 0 saturated carbocycles. The van der Waals surface area contributed by atoms with Crippen molar-refractivity contribution in [1.29, 1.82) is 0 Å². The Bertz CT molecular complexity index is 102. The fraction of sp³-hybridized carbons (Fsp3) is 0.889. The zero-order chi connectivity index (χ0) is 7.57. The maximum absolute atomic E-state index is 3.42. The molecule has 2 N–H and O–H groups in total. The Balaban J connectivity index is 1.94. The van der Waals surface area contributed by atoms with E-state index in [1.807, 2.05) is 0 Å². The molecule has 0 aromatic heterocycles. The van der Waals surface area contributed by atoms with Gasteiger partial charge in [0.25, 0.3) is 0 Å². The second-order valence-corrected chi connectivity index (χ2v) is 3.77. The van der Waals surface area contributed by atoms with Crippen LogP contribution in [-0.4, -0.2) is 26.2 Å². The summed E-state index contributed by atoms with van der Waals surface area (Å²) < 4.78 is 0. The van der Waals surface area contributed by atoms with Crippen molar-refractivity contribution in [2.75, 3.05) is 26.2 Å². The molecule has 2 rings (SSSR count). The Morgan fingerprint density at radius 1 is 0.909 bits per heavy atom. The first kappa shape index (κ1) is 7.56. The minimum Gasteiger partial charge on any atom is -0.317 e. The van der Waals surface area contributed by atoms with E-state index < -0.39 is 0 Å². The van der Waals surface area contributed by atoms with Gasteiger partial charge in [-0.15, -0.1) is 0 Å². The van der Waals surface area contributed by atoms with Gasteiger partial charge in [0.05, 0.1) is 0 Å². The van der Waals surface area contributed by atoms with Gasteiger partial charge in [0, 0.05) is 0 Å². The average molecular weight is 153 g/mol. The molecule has 1 radical (unpaired) electrons. The monoisotopic (exact) mass is 153 g/mol. The number of hydrogen-bond donors (Lipinski definition) is 2. The molecule has 2 heterocycles. The lowest BCUT2D eigenvalue weighted by Gasteiger charge is -2.40. The summed E-state index contributed by atoms with van der Waals surface area (Å²) in [5, 5.41) is 6.80. The van der Waals surface area contributed by atoms with Crippen molar-refractivity contribution in [3.05, 3.63) is 6.42 Å². The summed E-state index contributed by atoms with van der Waals surface area (Å²) in [4.78, 5) is 0. The van der Waals surface area contributed by atoms with Gasteiger partial charge >= 0.3 is 0 Å². The van der Waals surface area contributed by atoms with Gasteiger partial charge in [-0.25, -0.2) is 0 Å². The predicted octanol–water partition coefficient (Wildman–Crippen LogP) is 0.554. The maximum atomic E-state index is 3.42. The van der Waals surface area contributed by atoms with Gasteiger partial charge in [-0.1, -0.05) is 0 Å². The van der Waals surface area contributed by atoms with Crippen LogP contribution in [0.2, 0.25) is 0 Å². The van der Waals surface area contributed by atoms with Crippen LogP contribution in [0.3, 0.4) is 0 Å². The third kappa shape index (κ3) is 1.57. The molecular weight excluding hydrogens is 136 g/mol. The molecule has 2 fully saturated rings. The van der Waals surface area contributed by atoms with E-state index >= 15 is 0 Å². The lowest BCUT2D eigenvalue weighted by molar-refractivity contribution is 0.203. The summed E-state index contributed by atoms with van der Waals surface area (Å²) in [6.07, 6.45) is 6.56. The molecule has 63 valence electrons. The van der Waals surface area contributed by atoms with E-state index in [1.165, 1.54) is 38.9 Å². The fourth-order valence-corrected chi connectivity index (χ4v) is 2.21.